The van der Waals surface area contributed by atoms with Gasteiger partial charge in [0.2, 0.25) is 0 Å². The lowest BCUT2D eigenvalue weighted by atomic mass is 10.2. The maximum atomic E-state index is 12.9. The van der Waals surface area contributed by atoms with Crippen molar-refractivity contribution in [3.05, 3.63) is 71.0 Å². The van der Waals surface area contributed by atoms with Crippen molar-refractivity contribution in [2.45, 2.75) is 26.5 Å². The summed E-state index contributed by atoms with van der Waals surface area (Å²) in [5, 5.41) is 5.34. The van der Waals surface area contributed by atoms with Crippen LogP contribution in [0, 0.1) is 5.82 Å². The number of benzene rings is 2. The number of amides is 1. The van der Waals surface area contributed by atoms with E-state index in [-0.39, 0.29) is 17.8 Å². The van der Waals surface area contributed by atoms with Gasteiger partial charge in [-0.3, -0.25) is 4.79 Å². The highest BCUT2D eigenvalue weighted by atomic mass is 32.1. The fourth-order valence-corrected chi connectivity index (χ4v) is 3.11. The highest BCUT2D eigenvalue weighted by Gasteiger charge is 2.13. The summed E-state index contributed by atoms with van der Waals surface area (Å²) in [7, 11) is 0. The zero-order valence-electron chi connectivity index (χ0n) is 14.5. The van der Waals surface area contributed by atoms with Gasteiger partial charge >= 0.3 is 0 Å². The van der Waals surface area contributed by atoms with Crippen LogP contribution in [0.1, 0.15) is 29.9 Å². The van der Waals surface area contributed by atoms with Crippen LogP contribution in [0.3, 0.4) is 0 Å². The maximum absolute atomic E-state index is 12.9. The molecule has 1 amide bonds. The molecule has 1 N–H and O–H groups in total. The van der Waals surface area contributed by atoms with Crippen molar-refractivity contribution in [1.82, 2.24) is 10.3 Å². The first-order valence-electron chi connectivity index (χ1n) is 8.25. The summed E-state index contributed by atoms with van der Waals surface area (Å²) in [5.74, 6) is 0.248. The lowest BCUT2D eigenvalue weighted by Gasteiger charge is -2.07. The normalized spacial score (nSPS) is 10.8. The average Bonchev–Trinajstić information content (AvgIpc) is 3.11. The van der Waals surface area contributed by atoms with Crippen LogP contribution in [0.25, 0.3) is 10.6 Å². The summed E-state index contributed by atoms with van der Waals surface area (Å²) in [5.41, 5.74) is 2.19. The van der Waals surface area contributed by atoms with E-state index in [9.17, 15) is 9.18 Å². The lowest BCUT2D eigenvalue weighted by Crippen LogP contribution is -2.30. The van der Waals surface area contributed by atoms with Crippen LogP contribution in [-0.4, -0.2) is 16.9 Å². The summed E-state index contributed by atoms with van der Waals surface area (Å²) in [6.07, 6.45) is 0. The predicted octanol–water partition coefficient (Wildman–Crippen LogP) is 4.67. The van der Waals surface area contributed by atoms with Crippen LogP contribution in [0.5, 0.6) is 5.75 Å². The molecular weight excluding hydrogens is 351 g/mol. The minimum atomic E-state index is -0.267. The number of carbonyl (C=O) groups excluding carboxylic acids is 1. The second kappa shape index (κ2) is 8.10. The molecule has 0 radical (unpaired) electrons. The molecule has 6 heteroatoms. The SMILES string of the molecule is CC(C)NC(=O)c1csc(-c2cccc(OCc3ccc(F)cc3)c2)n1. The molecule has 1 aromatic heterocycles. The third kappa shape index (κ3) is 4.67. The molecular formula is C20H19FN2O2S. The van der Waals surface area contributed by atoms with Gasteiger partial charge < -0.3 is 10.1 Å². The van der Waals surface area contributed by atoms with E-state index in [1.165, 1.54) is 23.5 Å². The van der Waals surface area contributed by atoms with E-state index in [1.54, 1.807) is 17.5 Å². The smallest absolute Gasteiger partial charge is 0.270 e. The quantitative estimate of drug-likeness (QED) is 0.686. The second-order valence-electron chi connectivity index (χ2n) is 6.11. The van der Waals surface area contributed by atoms with E-state index in [4.69, 9.17) is 4.74 Å². The van der Waals surface area contributed by atoms with E-state index in [0.29, 0.717) is 18.1 Å². The molecule has 3 aromatic rings. The molecule has 4 nitrogen and oxygen atoms in total. The zero-order valence-corrected chi connectivity index (χ0v) is 15.3. The Morgan fingerprint density at radius 1 is 1.23 bits per heavy atom. The number of hydrogen-bond acceptors (Lipinski definition) is 4. The van der Waals surface area contributed by atoms with E-state index in [1.807, 2.05) is 38.1 Å². The fourth-order valence-electron chi connectivity index (χ4n) is 2.31. The van der Waals surface area contributed by atoms with Gasteiger partial charge in [0.1, 0.15) is 28.9 Å². The van der Waals surface area contributed by atoms with Gasteiger partial charge in [0.05, 0.1) is 0 Å². The molecule has 0 saturated carbocycles. The number of hydrogen-bond donors (Lipinski definition) is 1. The number of rotatable bonds is 6. The third-order valence-electron chi connectivity index (χ3n) is 3.56. The van der Waals surface area contributed by atoms with Gasteiger partial charge in [-0.15, -0.1) is 11.3 Å². The molecule has 0 aliphatic carbocycles. The highest BCUT2D eigenvalue weighted by molar-refractivity contribution is 7.13. The molecule has 1 heterocycles. The zero-order chi connectivity index (χ0) is 18.5. The van der Waals surface area contributed by atoms with Gasteiger partial charge in [0.15, 0.2) is 0 Å². The Morgan fingerprint density at radius 2 is 2.00 bits per heavy atom. The molecule has 0 bridgehead atoms. The third-order valence-corrected chi connectivity index (χ3v) is 4.45. The van der Waals surface area contributed by atoms with E-state index < -0.39 is 0 Å². The van der Waals surface area contributed by atoms with E-state index >= 15 is 0 Å². The minimum absolute atomic E-state index is 0.0656. The molecule has 3 rings (SSSR count). The summed E-state index contributed by atoms with van der Waals surface area (Å²) in [4.78, 5) is 16.4. The molecule has 0 aliphatic rings. The highest BCUT2D eigenvalue weighted by Crippen LogP contribution is 2.27. The van der Waals surface area contributed by atoms with Gasteiger partial charge in [-0.05, 0) is 43.7 Å². The maximum Gasteiger partial charge on any atom is 0.270 e. The molecule has 0 fully saturated rings. The van der Waals surface area contributed by atoms with E-state index in [0.717, 1.165) is 16.1 Å². The Hall–Kier alpha value is -2.73. The first kappa shape index (κ1) is 18.1. The molecule has 134 valence electrons. The average molecular weight is 370 g/mol. The van der Waals surface area contributed by atoms with E-state index in [2.05, 4.69) is 10.3 Å². The van der Waals surface area contributed by atoms with Crippen molar-refractivity contribution in [3.8, 4) is 16.3 Å². The second-order valence-corrected chi connectivity index (χ2v) is 6.97. The number of aromatic nitrogens is 1. The van der Waals surface area contributed by atoms with Crippen molar-refractivity contribution in [2.75, 3.05) is 0 Å². The van der Waals surface area contributed by atoms with Crippen molar-refractivity contribution < 1.29 is 13.9 Å². The van der Waals surface area contributed by atoms with Crippen LogP contribution < -0.4 is 10.1 Å². The largest absolute Gasteiger partial charge is 0.489 e. The van der Waals surface area contributed by atoms with Crippen molar-refractivity contribution in [3.63, 3.8) is 0 Å². The first-order chi connectivity index (χ1) is 12.5. The number of nitrogens with one attached hydrogen (secondary N) is 1. The predicted molar refractivity (Wildman–Crippen MR) is 101 cm³/mol. The van der Waals surface area contributed by atoms with Crippen LogP contribution in [-0.2, 0) is 6.61 Å². The van der Waals surface area contributed by atoms with Crippen LogP contribution in [0.15, 0.2) is 53.9 Å². The standard InChI is InChI=1S/C20H19FN2O2S/c1-13(2)22-19(24)18-12-26-20(23-18)15-4-3-5-17(10-15)25-11-14-6-8-16(21)9-7-14/h3-10,12-13H,11H2,1-2H3,(H,22,24). The fraction of sp³-hybridized carbons (Fsp3) is 0.200. The van der Waals surface area contributed by atoms with Gasteiger partial charge in [-0.2, -0.15) is 0 Å². The molecule has 0 saturated heterocycles. The van der Waals surface area contributed by atoms with Crippen molar-refractivity contribution >= 4 is 17.2 Å². The molecule has 2 aromatic carbocycles. The van der Waals surface area contributed by atoms with Gasteiger partial charge in [-0.25, -0.2) is 9.37 Å². The number of nitrogens with zero attached hydrogens (tertiary/aromatic N) is 1. The van der Waals surface area contributed by atoms with Crippen molar-refractivity contribution in [2.24, 2.45) is 0 Å². The van der Waals surface area contributed by atoms with Crippen LogP contribution >= 0.6 is 11.3 Å². The molecule has 0 aliphatic heterocycles. The summed E-state index contributed by atoms with van der Waals surface area (Å²) in [6, 6.07) is 13.8. The van der Waals surface area contributed by atoms with Crippen molar-refractivity contribution in [1.29, 1.82) is 0 Å². The monoisotopic (exact) mass is 370 g/mol. The summed E-state index contributed by atoms with van der Waals surface area (Å²) >= 11 is 1.41. The van der Waals surface area contributed by atoms with Crippen LogP contribution in [0.4, 0.5) is 4.39 Å². The Bertz CT molecular complexity index is 891. The summed E-state index contributed by atoms with van der Waals surface area (Å²) in [6.45, 7) is 4.17. The van der Waals surface area contributed by atoms with Gasteiger partial charge in [-0.1, -0.05) is 24.3 Å². The van der Waals surface area contributed by atoms with Gasteiger partial charge in [0, 0.05) is 17.0 Å². The Morgan fingerprint density at radius 3 is 2.73 bits per heavy atom. The minimum Gasteiger partial charge on any atom is -0.489 e. The molecule has 0 unspecified atom stereocenters. The number of thiazole rings is 1. The lowest BCUT2D eigenvalue weighted by molar-refractivity contribution is 0.0939. The molecule has 0 atom stereocenters. The Labute approximate surface area is 155 Å². The molecule has 26 heavy (non-hydrogen) atoms. The first-order valence-corrected chi connectivity index (χ1v) is 9.13. The Kier molecular flexibility index (Phi) is 5.63. The molecule has 0 spiro atoms. The van der Waals surface area contributed by atoms with Crippen LogP contribution in [0.2, 0.25) is 0 Å². The number of ether oxygens (including phenoxy) is 1. The Balaban J connectivity index is 1.70. The topological polar surface area (TPSA) is 51.2 Å². The summed E-state index contributed by atoms with van der Waals surface area (Å²) < 4.78 is 18.7. The van der Waals surface area contributed by atoms with Gasteiger partial charge in [0.25, 0.3) is 5.91 Å². The number of halogens is 1. The number of carbonyl (C=O) groups is 1.